The highest BCUT2D eigenvalue weighted by Gasteiger charge is 2.43. The number of phenolic OH excluding ortho intramolecular Hbond substituents is 1. The van der Waals surface area contributed by atoms with Crippen molar-refractivity contribution < 1.29 is 19.1 Å². The molecule has 0 saturated heterocycles. The van der Waals surface area contributed by atoms with Crippen molar-refractivity contribution in [3.05, 3.63) is 53.6 Å². The number of fused-ring (bicyclic) bond motifs is 1. The van der Waals surface area contributed by atoms with E-state index in [1.165, 1.54) is 13.2 Å². The lowest BCUT2D eigenvalue weighted by Gasteiger charge is -2.36. The van der Waals surface area contributed by atoms with Crippen LogP contribution < -0.4 is 10.2 Å². The third-order valence-corrected chi connectivity index (χ3v) is 5.21. The molecule has 1 unspecified atom stereocenters. The zero-order valence-electron chi connectivity index (χ0n) is 15.6. The highest BCUT2D eigenvalue weighted by atomic mass is 16.3. The van der Waals surface area contributed by atoms with Gasteiger partial charge in [0.25, 0.3) is 0 Å². The van der Waals surface area contributed by atoms with Crippen LogP contribution in [0.4, 0.5) is 11.4 Å². The van der Waals surface area contributed by atoms with Crippen molar-refractivity contribution in [2.45, 2.75) is 39.7 Å². The SMILES string of the molecule is CC(=O)N1c2cccc(O)c2NC2=C(C(=O)CC(C)(C)C2)C1c1ccoc1. The van der Waals surface area contributed by atoms with E-state index in [0.29, 0.717) is 29.8 Å². The fourth-order valence-electron chi connectivity index (χ4n) is 4.14. The Balaban J connectivity index is 2.03. The van der Waals surface area contributed by atoms with Crippen molar-refractivity contribution in [3.63, 3.8) is 0 Å². The molecule has 0 fully saturated rings. The van der Waals surface area contributed by atoms with E-state index in [-0.39, 0.29) is 22.9 Å². The van der Waals surface area contributed by atoms with Gasteiger partial charge in [-0.1, -0.05) is 19.9 Å². The summed E-state index contributed by atoms with van der Waals surface area (Å²) in [7, 11) is 0. The standard InChI is InChI=1S/C21H22N2O4/c1-12(24)23-15-5-4-6-16(25)19(15)22-14-9-21(2,3)10-17(26)18(14)20(23)13-7-8-27-11-13/h4-8,11,20,22,25H,9-10H2,1-3H3. The molecule has 1 amide bonds. The van der Waals surface area contributed by atoms with Crippen molar-refractivity contribution in [2.75, 3.05) is 10.2 Å². The molecule has 0 saturated carbocycles. The number of anilines is 2. The highest BCUT2D eigenvalue weighted by Crippen LogP contribution is 2.50. The lowest BCUT2D eigenvalue weighted by atomic mass is 9.73. The average molecular weight is 366 g/mol. The fraction of sp³-hybridized carbons (Fsp3) is 0.333. The van der Waals surface area contributed by atoms with E-state index in [2.05, 4.69) is 5.32 Å². The molecular formula is C21H22N2O4. The van der Waals surface area contributed by atoms with Crippen LogP contribution in [0.2, 0.25) is 0 Å². The number of furan rings is 1. The molecule has 0 radical (unpaired) electrons. The summed E-state index contributed by atoms with van der Waals surface area (Å²) < 4.78 is 5.26. The van der Waals surface area contributed by atoms with Crippen molar-refractivity contribution in [2.24, 2.45) is 5.41 Å². The van der Waals surface area contributed by atoms with Gasteiger partial charge < -0.3 is 14.8 Å². The predicted octanol–water partition coefficient (Wildman–Crippen LogP) is 4.15. The molecule has 1 aromatic heterocycles. The Morgan fingerprint density at radius 1 is 1.30 bits per heavy atom. The second-order valence-corrected chi connectivity index (χ2v) is 7.98. The molecule has 140 valence electrons. The minimum Gasteiger partial charge on any atom is -0.506 e. The number of rotatable bonds is 1. The number of allylic oxidation sites excluding steroid dienone is 1. The summed E-state index contributed by atoms with van der Waals surface area (Å²) in [4.78, 5) is 27.4. The first-order chi connectivity index (χ1) is 12.8. The first-order valence-electron chi connectivity index (χ1n) is 8.95. The van der Waals surface area contributed by atoms with Gasteiger partial charge in [-0.15, -0.1) is 0 Å². The van der Waals surface area contributed by atoms with Crippen molar-refractivity contribution in [1.82, 2.24) is 0 Å². The molecule has 1 aromatic carbocycles. The number of carbonyl (C=O) groups excluding carboxylic acids is 2. The maximum atomic E-state index is 13.2. The lowest BCUT2D eigenvalue weighted by molar-refractivity contribution is -0.118. The molecule has 6 heteroatoms. The summed E-state index contributed by atoms with van der Waals surface area (Å²) in [6.45, 7) is 5.55. The Hall–Kier alpha value is -3.02. The minimum atomic E-state index is -0.601. The largest absolute Gasteiger partial charge is 0.506 e. The van der Waals surface area contributed by atoms with Gasteiger partial charge in [0.05, 0.1) is 24.3 Å². The van der Waals surface area contributed by atoms with Crippen LogP contribution >= 0.6 is 0 Å². The number of nitrogens with zero attached hydrogens (tertiary/aromatic N) is 1. The Morgan fingerprint density at radius 3 is 2.74 bits per heavy atom. The van der Waals surface area contributed by atoms with Crippen molar-refractivity contribution in [3.8, 4) is 5.75 Å². The van der Waals surface area contributed by atoms with Gasteiger partial charge in [-0.2, -0.15) is 0 Å². The van der Waals surface area contributed by atoms with Crippen LogP contribution in [0.3, 0.4) is 0 Å². The van der Waals surface area contributed by atoms with Crippen molar-refractivity contribution in [1.29, 1.82) is 0 Å². The zero-order valence-corrected chi connectivity index (χ0v) is 15.6. The third-order valence-electron chi connectivity index (χ3n) is 5.21. The first-order valence-corrected chi connectivity index (χ1v) is 8.95. The summed E-state index contributed by atoms with van der Waals surface area (Å²) in [6.07, 6.45) is 4.14. The number of ketones is 1. The monoisotopic (exact) mass is 366 g/mol. The molecule has 2 N–H and O–H groups in total. The zero-order chi connectivity index (χ0) is 19.3. The Labute approximate surface area is 157 Å². The second kappa shape index (κ2) is 6.01. The van der Waals surface area contributed by atoms with Crippen LogP contribution in [0.5, 0.6) is 5.75 Å². The molecule has 27 heavy (non-hydrogen) atoms. The summed E-state index contributed by atoms with van der Waals surface area (Å²) in [6, 6.07) is 6.19. The summed E-state index contributed by atoms with van der Waals surface area (Å²) in [5.41, 5.74) is 2.80. The van der Waals surface area contributed by atoms with E-state index in [1.54, 1.807) is 35.4 Å². The van der Waals surface area contributed by atoms with E-state index >= 15 is 0 Å². The molecule has 0 bridgehead atoms. The van der Waals surface area contributed by atoms with E-state index < -0.39 is 6.04 Å². The van der Waals surface area contributed by atoms with Crippen LogP contribution in [-0.2, 0) is 9.59 Å². The smallest absolute Gasteiger partial charge is 0.224 e. The van der Waals surface area contributed by atoms with Crippen LogP contribution in [0.1, 0.15) is 45.2 Å². The number of carbonyl (C=O) groups is 2. The van der Waals surface area contributed by atoms with Crippen LogP contribution in [-0.4, -0.2) is 16.8 Å². The first kappa shape index (κ1) is 17.4. The number of hydrogen-bond acceptors (Lipinski definition) is 5. The van der Waals surface area contributed by atoms with Crippen LogP contribution in [0.25, 0.3) is 0 Å². The molecule has 1 atom stereocenters. The average Bonchev–Trinajstić information content (AvgIpc) is 3.04. The topological polar surface area (TPSA) is 82.8 Å². The van der Waals surface area contributed by atoms with E-state index in [0.717, 1.165) is 11.3 Å². The maximum Gasteiger partial charge on any atom is 0.224 e. The molecule has 2 heterocycles. The minimum absolute atomic E-state index is 0.00139. The van der Waals surface area contributed by atoms with Gasteiger partial charge in [-0.25, -0.2) is 0 Å². The molecule has 0 spiro atoms. The molecular weight excluding hydrogens is 344 g/mol. The molecule has 1 aliphatic carbocycles. The number of hydrogen-bond donors (Lipinski definition) is 2. The molecule has 2 aliphatic rings. The number of amides is 1. The summed E-state index contributed by atoms with van der Waals surface area (Å²) in [5, 5.41) is 13.7. The third kappa shape index (κ3) is 2.81. The second-order valence-electron chi connectivity index (χ2n) is 7.98. The van der Waals surface area contributed by atoms with Crippen molar-refractivity contribution >= 4 is 23.1 Å². The highest BCUT2D eigenvalue weighted by molar-refractivity contribution is 6.06. The Bertz CT molecular complexity index is 957. The van der Waals surface area contributed by atoms with Gasteiger partial charge in [-0.3, -0.25) is 14.5 Å². The normalized spacial score (nSPS) is 21.2. The van der Waals surface area contributed by atoms with Gasteiger partial charge in [0.2, 0.25) is 5.91 Å². The lowest BCUT2D eigenvalue weighted by Crippen LogP contribution is -2.38. The fourth-order valence-corrected chi connectivity index (χ4v) is 4.14. The number of aromatic hydroxyl groups is 1. The summed E-state index contributed by atoms with van der Waals surface area (Å²) in [5.74, 6) is -0.186. The number of Topliss-reactive ketones (excluding diaryl/α,β-unsaturated/α-hetero) is 1. The van der Waals surface area contributed by atoms with Crippen LogP contribution in [0, 0.1) is 5.41 Å². The molecule has 1 aliphatic heterocycles. The Morgan fingerprint density at radius 2 is 2.07 bits per heavy atom. The number of nitrogens with one attached hydrogen (secondary N) is 1. The quantitative estimate of drug-likeness (QED) is 0.741. The van der Waals surface area contributed by atoms with Gasteiger partial charge in [0, 0.05) is 30.2 Å². The predicted molar refractivity (Wildman–Crippen MR) is 101 cm³/mol. The molecule has 4 rings (SSSR count). The number of phenols is 1. The van der Waals surface area contributed by atoms with E-state index in [1.807, 2.05) is 13.8 Å². The maximum absolute atomic E-state index is 13.2. The summed E-state index contributed by atoms with van der Waals surface area (Å²) >= 11 is 0. The van der Waals surface area contributed by atoms with E-state index in [9.17, 15) is 14.7 Å². The molecule has 2 aromatic rings. The molecule has 6 nitrogen and oxygen atoms in total. The van der Waals surface area contributed by atoms with Crippen LogP contribution in [0.15, 0.2) is 52.5 Å². The Kier molecular flexibility index (Phi) is 3.87. The number of benzene rings is 1. The van der Waals surface area contributed by atoms with E-state index in [4.69, 9.17) is 4.42 Å². The van der Waals surface area contributed by atoms with Gasteiger partial charge in [-0.05, 0) is 30.0 Å². The van der Waals surface area contributed by atoms with Gasteiger partial charge in [0.1, 0.15) is 11.4 Å². The van der Waals surface area contributed by atoms with Gasteiger partial charge in [0.15, 0.2) is 5.78 Å². The number of para-hydroxylation sites is 1. The van der Waals surface area contributed by atoms with Gasteiger partial charge >= 0.3 is 0 Å².